The standard InChI is InChI=1S/C20H27NO4/c1-20(2,3)25-19(23)21-9-10-24-13-17(21)18(22)12-14-7-8-15-5-4-6-16(15)11-14/h7-8,11,17H,4-6,9-10,12-13H2,1-3H3. The Balaban J connectivity index is 1.69. The molecule has 1 aliphatic carbocycles. The average Bonchev–Trinajstić information content (AvgIpc) is 3.01. The van der Waals surface area contributed by atoms with Crippen molar-refractivity contribution in [1.82, 2.24) is 4.90 Å². The molecule has 1 saturated heterocycles. The molecule has 1 amide bonds. The second kappa shape index (κ2) is 7.16. The fourth-order valence-electron chi connectivity index (χ4n) is 3.46. The first-order valence-corrected chi connectivity index (χ1v) is 9.04. The van der Waals surface area contributed by atoms with Crippen LogP contribution < -0.4 is 0 Å². The van der Waals surface area contributed by atoms with Gasteiger partial charge in [0.15, 0.2) is 5.78 Å². The van der Waals surface area contributed by atoms with Crippen molar-refractivity contribution in [3.63, 3.8) is 0 Å². The predicted octanol–water partition coefficient (Wildman–Crippen LogP) is 2.92. The van der Waals surface area contributed by atoms with Crippen molar-refractivity contribution in [2.75, 3.05) is 19.8 Å². The first-order valence-electron chi connectivity index (χ1n) is 9.04. The van der Waals surface area contributed by atoms with Gasteiger partial charge in [-0.3, -0.25) is 9.69 Å². The minimum absolute atomic E-state index is 0.00325. The zero-order valence-electron chi connectivity index (χ0n) is 15.3. The molecule has 0 radical (unpaired) electrons. The van der Waals surface area contributed by atoms with Gasteiger partial charge in [0.2, 0.25) is 0 Å². The number of hydrogen-bond donors (Lipinski definition) is 0. The maximum Gasteiger partial charge on any atom is 0.411 e. The smallest absolute Gasteiger partial charge is 0.411 e. The number of fused-ring (bicyclic) bond motifs is 1. The minimum atomic E-state index is -0.580. The van der Waals surface area contributed by atoms with Gasteiger partial charge >= 0.3 is 6.09 Å². The summed E-state index contributed by atoms with van der Waals surface area (Å²) in [5.74, 6) is 0.00325. The van der Waals surface area contributed by atoms with Crippen molar-refractivity contribution in [3.05, 3.63) is 34.9 Å². The molecular formula is C20H27NO4. The Morgan fingerprint density at radius 1 is 1.24 bits per heavy atom. The molecule has 3 rings (SSSR count). The molecule has 0 aromatic heterocycles. The lowest BCUT2D eigenvalue weighted by molar-refractivity contribution is -0.129. The van der Waals surface area contributed by atoms with Gasteiger partial charge < -0.3 is 9.47 Å². The van der Waals surface area contributed by atoms with Crippen molar-refractivity contribution < 1.29 is 19.1 Å². The van der Waals surface area contributed by atoms with Crippen LogP contribution in [0.2, 0.25) is 0 Å². The summed E-state index contributed by atoms with van der Waals surface area (Å²) in [6.07, 6.45) is 3.29. The lowest BCUT2D eigenvalue weighted by Gasteiger charge is -2.35. The van der Waals surface area contributed by atoms with Gasteiger partial charge in [0.1, 0.15) is 11.6 Å². The molecule has 1 heterocycles. The Hall–Kier alpha value is -1.88. The van der Waals surface area contributed by atoms with Crippen molar-refractivity contribution >= 4 is 11.9 Å². The topological polar surface area (TPSA) is 55.8 Å². The van der Waals surface area contributed by atoms with E-state index in [0.29, 0.717) is 19.6 Å². The fraction of sp³-hybridized carbons (Fsp3) is 0.600. The van der Waals surface area contributed by atoms with Crippen molar-refractivity contribution in [1.29, 1.82) is 0 Å². The number of ether oxygens (including phenoxy) is 2. The van der Waals surface area contributed by atoms with Crippen molar-refractivity contribution in [2.24, 2.45) is 0 Å². The molecule has 0 bridgehead atoms. The van der Waals surface area contributed by atoms with Gasteiger partial charge in [0.05, 0.1) is 13.2 Å². The number of rotatable bonds is 3. The van der Waals surface area contributed by atoms with Crippen LogP contribution in [0.15, 0.2) is 18.2 Å². The van der Waals surface area contributed by atoms with E-state index in [1.54, 1.807) is 0 Å². The van der Waals surface area contributed by atoms with Gasteiger partial charge in [-0.1, -0.05) is 18.2 Å². The molecule has 1 atom stereocenters. The van der Waals surface area contributed by atoms with Crippen molar-refractivity contribution in [3.8, 4) is 0 Å². The number of Topliss-reactive ketones (excluding diaryl/α,β-unsaturated/α-hetero) is 1. The molecule has 0 spiro atoms. The molecule has 1 fully saturated rings. The lowest BCUT2D eigenvalue weighted by Crippen LogP contribution is -2.54. The van der Waals surface area contributed by atoms with E-state index in [1.807, 2.05) is 26.8 Å². The van der Waals surface area contributed by atoms with E-state index < -0.39 is 17.7 Å². The molecule has 25 heavy (non-hydrogen) atoms. The Kier molecular flexibility index (Phi) is 5.13. The summed E-state index contributed by atoms with van der Waals surface area (Å²) >= 11 is 0. The molecule has 5 heteroatoms. The number of ketones is 1. The summed E-state index contributed by atoms with van der Waals surface area (Å²) in [6.45, 7) is 6.53. The molecule has 1 unspecified atom stereocenters. The number of morpholine rings is 1. The van der Waals surface area contributed by atoms with Crippen LogP contribution in [0.25, 0.3) is 0 Å². The molecule has 1 aliphatic heterocycles. The molecule has 5 nitrogen and oxygen atoms in total. The highest BCUT2D eigenvalue weighted by atomic mass is 16.6. The molecule has 0 N–H and O–H groups in total. The number of nitrogens with zero attached hydrogens (tertiary/aromatic N) is 1. The number of benzene rings is 1. The van der Waals surface area contributed by atoms with Crippen LogP contribution in [0.4, 0.5) is 4.79 Å². The van der Waals surface area contributed by atoms with E-state index in [4.69, 9.17) is 9.47 Å². The highest BCUT2D eigenvalue weighted by Crippen LogP contribution is 2.24. The van der Waals surface area contributed by atoms with Crippen LogP contribution in [0, 0.1) is 0 Å². The monoisotopic (exact) mass is 345 g/mol. The largest absolute Gasteiger partial charge is 0.444 e. The number of aryl methyl sites for hydroxylation is 2. The van der Waals surface area contributed by atoms with Gasteiger partial charge in [-0.05, 0) is 56.7 Å². The number of carbonyl (C=O) groups is 2. The third kappa shape index (κ3) is 4.40. The second-order valence-corrected chi connectivity index (χ2v) is 7.86. The van der Waals surface area contributed by atoms with Crippen molar-refractivity contribution in [2.45, 2.75) is 58.1 Å². The normalized spacial score (nSPS) is 20.3. The molecule has 1 aromatic rings. The van der Waals surface area contributed by atoms with Crippen LogP contribution >= 0.6 is 0 Å². The zero-order valence-corrected chi connectivity index (χ0v) is 15.3. The first kappa shape index (κ1) is 17.9. The van der Waals surface area contributed by atoms with Gasteiger partial charge in [0, 0.05) is 13.0 Å². The highest BCUT2D eigenvalue weighted by molar-refractivity contribution is 5.89. The summed E-state index contributed by atoms with van der Waals surface area (Å²) in [6, 6.07) is 5.73. The Bertz CT molecular complexity index is 662. The lowest BCUT2D eigenvalue weighted by atomic mass is 9.99. The molecule has 0 saturated carbocycles. The summed E-state index contributed by atoms with van der Waals surface area (Å²) in [5.41, 5.74) is 3.19. The van der Waals surface area contributed by atoms with E-state index in [0.717, 1.165) is 18.4 Å². The van der Waals surface area contributed by atoms with E-state index in [1.165, 1.54) is 22.4 Å². The van der Waals surface area contributed by atoms with Gasteiger partial charge in [-0.25, -0.2) is 4.79 Å². The Morgan fingerprint density at radius 2 is 2.00 bits per heavy atom. The Labute approximate surface area is 149 Å². The number of hydrogen-bond acceptors (Lipinski definition) is 4. The van der Waals surface area contributed by atoms with Crippen LogP contribution in [0.3, 0.4) is 0 Å². The third-order valence-corrected chi connectivity index (χ3v) is 4.67. The average molecular weight is 345 g/mol. The van der Waals surface area contributed by atoms with E-state index in [9.17, 15) is 9.59 Å². The quantitative estimate of drug-likeness (QED) is 0.845. The summed E-state index contributed by atoms with van der Waals surface area (Å²) in [7, 11) is 0. The summed E-state index contributed by atoms with van der Waals surface area (Å²) in [4.78, 5) is 26.8. The SMILES string of the molecule is CC(C)(C)OC(=O)N1CCOCC1C(=O)Cc1ccc2c(c1)CCC2. The third-order valence-electron chi connectivity index (χ3n) is 4.67. The molecule has 136 valence electrons. The van der Waals surface area contributed by atoms with Gasteiger partial charge in [-0.2, -0.15) is 0 Å². The van der Waals surface area contributed by atoms with Crippen LogP contribution in [-0.2, 0) is 33.5 Å². The van der Waals surface area contributed by atoms with Crippen LogP contribution in [-0.4, -0.2) is 48.2 Å². The fourth-order valence-corrected chi connectivity index (χ4v) is 3.46. The summed E-state index contributed by atoms with van der Waals surface area (Å²) in [5, 5.41) is 0. The maximum absolute atomic E-state index is 12.8. The second-order valence-electron chi connectivity index (χ2n) is 7.86. The maximum atomic E-state index is 12.8. The number of amides is 1. The number of carbonyl (C=O) groups excluding carboxylic acids is 2. The molecule has 1 aromatic carbocycles. The van der Waals surface area contributed by atoms with E-state index in [-0.39, 0.29) is 12.4 Å². The highest BCUT2D eigenvalue weighted by Gasteiger charge is 2.35. The predicted molar refractivity (Wildman–Crippen MR) is 94.7 cm³/mol. The van der Waals surface area contributed by atoms with Gasteiger partial charge in [-0.15, -0.1) is 0 Å². The summed E-state index contributed by atoms with van der Waals surface area (Å²) < 4.78 is 10.9. The van der Waals surface area contributed by atoms with Crippen LogP contribution in [0.5, 0.6) is 0 Å². The zero-order chi connectivity index (χ0) is 18.0. The van der Waals surface area contributed by atoms with E-state index in [2.05, 4.69) is 12.1 Å². The first-order chi connectivity index (χ1) is 11.8. The molecule has 2 aliphatic rings. The van der Waals surface area contributed by atoms with Gasteiger partial charge in [0.25, 0.3) is 0 Å². The van der Waals surface area contributed by atoms with E-state index >= 15 is 0 Å². The Morgan fingerprint density at radius 3 is 2.76 bits per heavy atom. The molecular weight excluding hydrogens is 318 g/mol. The minimum Gasteiger partial charge on any atom is -0.444 e. The van der Waals surface area contributed by atoms with Crippen LogP contribution in [0.1, 0.15) is 43.9 Å².